The van der Waals surface area contributed by atoms with Crippen molar-refractivity contribution in [3.63, 3.8) is 0 Å². The van der Waals surface area contributed by atoms with Gasteiger partial charge in [-0.05, 0) is 31.0 Å². The maximum atomic E-state index is 14.0. The van der Waals surface area contributed by atoms with Gasteiger partial charge in [0.15, 0.2) is 0 Å². The van der Waals surface area contributed by atoms with E-state index in [2.05, 4.69) is 10.3 Å². The molecule has 0 aliphatic carbocycles. The van der Waals surface area contributed by atoms with E-state index in [4.69, 9.17) is 5.73 Å². The molecule has 3 N–H and O–H groups in total. The second-order valence-corrected chi connectivity index (χ2v) is 5.43. The average molecular weight is 293 g/mol. The van der Waals surface area contributed by atoms with Gasteiger partial charge in [0.25, 0.3) is 5.91 Å². The van der Waals surface area contributed by atoms with Crippen LogP contribution in [0.1, 0.15) is 40.3 Å². The second-order valence-electron chi connectivity index (χ2n) is 4.50. The molecule has 2 aromatic rings. The van der Waals surface area contributed by atoms with Crippen LogP contribution in [0.5, 0.6) is 0 Å². The lowest BCUT2D eigenvalue weighted by Crippen LogP contribution is -2.29. The van der Waals surface area contributed by atoms with E-state index in [9.17, 15) is 9.18 Å². The first-order valence-corrected chi connectivity index (χ1v) is 7.16. The minimum Gasteiger partial charge on any atom is -0.399 e. The monoisotopic (exact) mass is 293 g/mol. The van der Waals surface area contributed by atoms with Gasteiger partial charge in [0.05, 0.1) is 11.6 Å². The molecule has 1 atom stereocenters. The van der Waals surface area contributed by atoms with Crippen molar-refractivity contribution >= 4 is 22.9 Å². The summed E-state index contributed by atoms with van der Waals surface area (Å²) in [5.41, 5.74) is 6.37. The first-order chi connectivity index (χ1) is 9.52. The summed E-state index contributed by atoms with van der Waals surface area (Å²) in [6.07, 6.45) is 2.36. The van der Waals surface area contributed by atoms with Crippen molar-refractivity contribution in [1.82, 2.24) is 10.3 Å². The third kappa shape index (κ3) is 2.96. The molecule has 0 radical (unpaired) electrons. The number of hydrogen-bond donors (Lipinski definition) is 2. The Bertz CT molecular complexity index is 613. The third-order valence-electron chi connectivity index (χ3n) is 2.98. The van der Waals surface area contributed by atoms with E-state index in [1.54, 1.807) is 13.1 Å². The Labute approximate surface area is 120 Å². The number of anilines is 1. The standard InChI is InChI=1S/C14H16FN3OS/c1-3-11(14-17-4-5-20-14)18-13(19)10-7-9(16)6-8(2)12(10)15/h4-7,11H,3,16H2,1-2H3,(H,18,19). The van der Waals surface area contributed by atoms with Crippen LogP contribution in [0.2, 0.25) is 0 Å². The number of aryl methyl sites for hydroxylation is 1. The molecule has 6 heteroatoms. The van der Waals surface area contributed by atoms with Crippen LogP contribution in [-0.2, 0) is 0 Å². The number of nitrogens with two attached hydrogens (primary N) is 1. The molecule has 0 aliphatic heterocycles. The topological polar surface area (TPSA) is 68.0 Å². The number of nitrogens with one attached hydrogen (secondary N) is 1. The van der Waals surface area contributed by atoms with Crippen LogP contribution in [0, 0.1) is 12.7 Å². The molecule has 1 unspecified atom stereocenters. The summed E-state index contributed by atoms with van der Waals surface area (Å²) in [6, 6.07) is 2.64. The average Bonchev–Trinajstić information content (AvgIpc) is 2.93. The molecule has 0 spiro atoms. The number of halogens is 1. The highest BCUT2D eigenvalue weighted by Gasteiger charge is 2.19. The first kappa shape index (κ1) is 14.5. The molecule has 1 heterocycles. The molecule has 4 nitrogen and oxygen atoms in total. The lowest BCUT2D eigenvalue weighted by Gasteiger charge is -2.15. The Balaban J connectivity index is 2.24. The molecule has 1 aromatic carbocycles. The number of nitrogens with zero attached hydrogens (tertiary/aromatic N) is 1. The molecule has 106 valence electrons. The summed E-state index contributed by atoms with van der Waals surface area (Å²) in [4.78, 5) is 16.4. The van der Waals surface area contributed by atoms with Gasteiger partial charge < -0.3 is 11.1 Å². The van der Waals surface area contributed by atoms with E-state index in [1.165, 1.54) is 23.5 Å². The van der Waals surface area contributed by atoms with E-state index < -0.39 is 11.7 Å². The van der Waals surface area contributed by atoms with Crippen LogP contribution in [0.3, 0.4) is 0 Å². The minimum absolute atomic E-state index is 0.0301. The van der Waals surface area contributed by atoms with E-state index in [0.29, 0.717) is 17.7 Å². The van der Waals surface area contributed by atoms with Gasteiger partial charge in [0.1, 0.15) is 10.8 Å². The summed E-state index contributed by atoms with van der Waals surface area (Å²) >= 11 is 1.46. The van der Waals surface area contributed by atoms with Crippen molar-refractivity contribution in [3.8, 4) is 0 Å². The van der Waals surface area contributed by atoms with E-state index in [1.807, 2.05) is 12.3 Å². The van der Waals surface area contributed by atoms with Crippen LogP contribution in [0.15, 0.2) is 23.7 Å². The highest BCUT2D eigenvalue weighted by molar-refractivity contribution is 7.09. The Morgan fingerprint density at radius 1 is 1.55 bits per heavy atom. The van der Waals surface area contributed by atoms with Crippen molar-refractivity contribution in [3.05, 3.63) is 45.7 Å². The minimum atomic E-state index is -0.536. The van der Waals surface area contributed by atoms with Crippen molar-refractivity contribution in [1.29, 1.82) is 0 Å². The molecule has 0 bridgehead atoms. The molecule has 2 rings (SSSR count). The molecular weight excluding hydrogens is 277 g/mol. The molecule has 1 aromatic heterocycles. The van der Waals surface area contributed by atoms with Crippen molar-refractivity contribution in [2.45, 2.75) is 26.3 Å². The van der Waals surface area contributed by atoms with Crippen LogP contribution >= 0.6 is 11.3 Å². The van der Waals surface area contributed by atoms with Crippen molar-refractivity contribution < 1.29 is 9.18 Å². The highest BCUT2D eigenvalue weighted by atomic mass is 32.1. The highest BCUT2D eigenvalue weighted by Crippen LogP contribution is 2.21. The maximum Gasteiger partial charge on any atom is 0.254 e. The smallest absolute Gasteiger partial charge is 0.254 e. The fourth-order valence-corrected chi connectivity index (χ4v) is 2.72. The fraction of sp³-hybridized carbons (Fsp3) is 0.286. The second kappa shape index (κ2) is 6.00. The molecule has 0 saturated heterocycles. The van der Waals surface area contributed by atoms with Crippen LogP contribution in [-0.4, -0.2) is 10.9 Å². The third-order valence-corrected chi connectivity index (χ3v) is 3.87. The van der Waals surface area contributed by atoms with E-state index in [-0.39, 0.29) is 11.6 Å². The largest absolute Gasteiger partial charge is 0.399 e. The van der Waals surface area contributed by atoms with Gasteiger partial charge in [0, 0.05) is 17.3 Å². The van der Waals surface area contributed by atoms with Gasteiger partial charge in [-0.15, -0.1) is 11.3 Å². The van der Waals surface area contributed by atoms with Gasteiger partial charge in [-0.3, -0.25) is 4.79 Å². The lowest BCUT2D eigenvalue weighted by atomic mass is 10.1. The summed E-state index contributed by atoms with van der Waals surface area (Å²) in [7, 11) is 0. The molecule has 1 amide bonds. The Kier molecular flexibility index (Phi) is 4.34. The Hall–Kier alpha value is -1.95. The van der Waals surface area contributed by atoms with E-state index in [0.717, 1.165) is 5.01 Å². The quantitative estimate of drug-likeness (QED) is 0.851. The van der Waals surface area contributed by atoms with Gasteiger partial charge >= 0.3 is 0 Å². The Morgan fingerprint density at radius 3 is 2.90 bits per heavy atom. The lowest BCUT2D eigenvalue weighted by molar-refractivity contribution is 0.0931. The summed E-state index contributed by atoms with van der Waals surface area (Å²) < 4.78 is 14.0. The first-order valence-electron chi connectivity index (χ1n) is 6.28. The van der Waals surface area contributed by atoms with Crippen LogP contribution < -0.4 is 11.1 Å². The number of carbonyl (C=O) groups is 1. The summed E-state index contributed by atoms with van der Waals surface area (Å²) in [5.74, 6) is -1.01. The number of thiazole rings is 1. The predicted octanol–water partition coefficient (Wildman–Crippen LogP) is 3.05. The summed E-state index contributed by atoms with van der Waals surface area (Å²) in [6.45, 7) is 3.52. The number of amides is 1. The number of hydrogen-bond acceptors (Lipinski definition) is 4. The molecule has 20 heavy (non-hydrogen) atoms. The van der Waals surface area contributed by atoms with E-state index >= 15 is 0 Å². The fourth-order valence-electron chi connectivity index (χ4n) is 1.94. The normalized spacial score (nSPS) is 12.2. The van der Waals surface area contributed by atoms with Crippen molar-refractivity contribution in [2.24, 2.45) is 0 Å². The van der Waals surface area contributed by atoms with Crippen LogP contribution in [0.4, 0.5) is 10.1 Å². The summed E-state index contributed by atoms with van der Waals surface area (Å²) in [5, 5.41) is 5.44. The zero-order valence-electron chi connectivity index (χ0n) is 11.3. The zero-order valence-corrected chi connectivity index (χ0v) is 12.1. The number of aromatic nitrogens is 1. The molecule has 0 fully saturated rings. The van der Waals surface area contributed by atoms with Gasteiger partial charge in [0.2, 0.25) is 0 Å². The van der Waals surface area contributed by atoms with Gasteiger partial charge in [-0.2, -0.15) is 0 Å². The predicted molar refractivity (Wildman–Crippen MR) is 78.2 cm³/mol. The zero-order chi connectivity index (χ0) is 14.7. The number of nitrogen functional groups attached to an aromatic ring is 1. The van der Waals surface area contributed by atoms with Crippen LogP contribution in [0.25, 0.3) is 0 Å². The number of rotatable bonds is 4. The molecular formula is C14H16FN3OS. The number of benzene rings is 1. The van der Waals surface area contributed by atoms with Crippen molar-refractivity contribution in [2.75, 3.05) is 5.73 Å². The molecule has 0 aliphatic rings. The van der Waals surface area contributed by atoms with Gasteiger partial charge in [-0.1, -0.05) is 6.92 Å². The SMILES string of the molecule is CCC(NC(=O)c1cc(N)cc(C)c1F)c1nccs1. The van der Waals surface area contributed by atoms with Gasteiger partial charge in [-0.25, -0.2) is 9.37 Å². The number of carbonyl (C=O) groups excluding carboxylic acids is 1. The maximum absolute atomic E-state index is 14.0. The molecule has 0 saturated carbocycles. The Morgan fingerprint density at radius 2 is 2.30 bits per heavy atom.